The number of hydrogen-bond acceptors (Lipinski definition) is 4. The van der Waals surface area contributed by atoms with Gasteiger partial charge in [0.15, 0.2) is 6.10 Å². The molecule has 0 aliphatic carbocycles. The first-order valence-corrected chi connectivity index (χ1v) is 15.3. The summed E-state index contributed by atoms with van der Waals surface area (Å²) >= 11 is 0. The fourth-order valence-electron chi connectivity index (χ4n) is 4.80. The number of nitrogens with zero attached hydrogens (tertiary/aromatic N) is 1. The summed E-state index contributed by atoms with van der Waals surface area (Å²) in [4.78, 5) is 23.0. The molecule has 0 saturated heterocycles. The van der Waals surface area contributed by atoms with Gasteiger partial charge in [0.2, 0.25) is 0 Å². The number of esters is 1. The van der Waals surface area contributed by atoms with Gasteiger partial charge >= 0.3 is 5.97 Å². The first-order valence-electron chi connectivity index (χ1n) is 15.3. The van der Waals surface area contributed by atoms with E-state index in [4.69, 9.17) is 4.74 Å². The number of ether oxygens (including phenoxy) is 1. The Kier molecular flexibility index (Phi) is 22.3. The Balaban J connectivity index is 3.43. The Morgan fingerprint density at radius 1 is 0.694 bits per heavy atom. The van der Waals surface area contributed by atoms with Crippen molar-refractivity contribution in [1.29, 1.82) is 0 Å². The summed E-state index contributed by atoms with van der Waals surface area (Å²) in [6, 6.07) is 0. The van der Waals surface area contributed by atoms with E-state index < -0.39 is 12.1 Å². The van der Waals surface area contributed by atoms with E-state index >= 15 is 0 Å². The minimum absolute atomic E-state index is 0.236. The highest BCUT2D eigenvalue weighted by Crippen LogP contribution is 2.16. The van der Waals surface area contributed by atoms with E-state index in [0.717, 1.165) is 25.2 Å². The number of carboxylic acids is 1. The number of rotatable bonds is 26. The minimum Gasteiger partial charge on any atom is -0.550 e. The molecule has 0 saturated carbocycles. The smallest absolute Gasteiger partial charge is 0.306 e. The first-order chi connectivity index (χ1) is 17.1. The van der Waals surface area contributed by atoms with Crippen LogP contribution in [0.25, 0.3) is 0 Å². The summed E-state index contributed by atoms with van der Waals surface area (Å²) in [6.07, 6.45) is 24.7. The van der Waals surface area contributed by atoms with Gasteiger partial charge in [-0.2, -0.15) is 0 Å². The van der Waals surface area contributed by atoms with Gasteiger partial charge in [-0.25, -0.2) is 0 Å². The Morgan fingerprint density at radius 2 is 1.08 bits per heavy atom. The second kappa shape index (κ2) is 23.0. The van der Waals surface area contributed by atoms with Gasteiger partial charge in [0, 0.05) is 18.8 Å². The van der Waals surface area contributed by atoms with Gasteiger partial charge in [0.1, 0.15) is 6.54 Å². The van der Waals surface area contributed by atoms with Crippen LogP contribution < -0.4 is 5.11 Å². The zero-order chi connectivity index (χ0) is 27.1. The van der Waals surface area contributed by atoms with E-state index in [1.54, 1.807) is 0 Å². The van der Waals surface area contributed by atoms with Crippen molar-refractivity contribution in [2.45, 2.75) is 155 Å². The Morgan fingerprint density at radius 3 is 1.44 bits per heavy atom. The molecule has 0 aliphatic heterocycles. The minimum atomic E-state index is -1.17. The van der Waals surface area contributed by atoms with Gasteiger partial charge in [0.05, 0.1) is 21.1 Å². The first kappa shape index (κ1) is 34.9. The Labute approximate surface area is 224 Å². The van der Waals surface area contributed by atoms with Crippen molar-refractivity contribution in [3.05, 3.63) is 0 Å². The summed E-state index contributed by atoms with van der Waals surface area (Å²) < 4.78 is 5.95. The summed E-state index contributed by atoms with van der Waals surface area (Å²) in [7, 11) is 5.86. The standard InChI is InChI=1S/C31H61NO4/c1-6-28(2)24-22-20-18-16-14-12-10-8-7-9-11-13-15-17-19-21-23-25-31(35)36-29(26-30(33)34)27-32(3,4)5/h28-29H,6-27H2,1-5H3. The summed E-state index contributed by atoms with van der Waals surface area (Å²) in [6.45, 7) is 5.14. The maximum Gasteiger partial charge on any atom is 0.306 e. The topological polar surface area (TPSA) is 66.4 Å². The van der Waals surface area contributed by atoms with E-state index in [1.807, 2.05) is 21.1 Å². The Bertz CT molecular complexity index is 529. The van der Waals surface area contributed by atoms with Crippen LogP contribution in [0.5, 0.6) is 0 Å². The number of carboxylic acid groups (broad SMARTS) is 1. The zero-order valence-electron chi connectivity index (χ0n) is 24.8. The number of unbranched alkanes of at least 4 members (excludes halogenated alkanes) is 16. The number of carbonyl (C=O) groups excluding carboxylic acids is 2. The quantitative estimate of drug-likeness (QED) is 0.0699. The van der Waals surface area contributed by atoms with Crippen molar-refractivity contribution in [2.75, 3.05) is 27.7 Å². The van der Waals surface area contributed by atoms with Crippen molar-refractivity contribution >= 4 is 11.9 Å². The van der Waals surface area contributed by atoms with Crippen LogP contribution in [-0.4, -0.2) is 50.2 Å². The summed E-state index contributed by atoms with van der Waals surface area (Å²) in [5.74, 6) is -0.543. The third kappa shape index (κ3) is 26.0. The normalized spacial score (nSPS) is 13.5. The molecule has 0 aromatic rings. The van der Waals surface area contributed by atoms with Crippen LogP contribution in [0.2, 0.25) is 0 Å². The second-order valence-electron chi connectivity index (χ2n) is 12.2. The lowest BCUT2D eigenvalue weighted by Gasteiger charge is -2.29. The molecule has 0 aliphatic rings. The van der Waals surface area contributed by atoms with E-state index in [1.165, 1.54) is 103 Å². The van der Waals surface area contributed by atoms with Crippen molar-refractivity contribution in [1.82, 2.24) is 0 Å². The molecule has 0 spiro atoms. The van der Waals surface area contributed by atoms with Gasteiger partial charge in [-0.3, -0.25) is 4.79 Å². The van der Waals surface area contributed by atoms with Crippen LogP contribution in [-0.2, 0) is 14.3 Å². The highest BCUT2D eigenvalue weighted by atomic mass is 16.5. The van der Waals surface area contributed by atoms with E-state index in [0.29, 0.717) is 17.4 Å². The summed E-state index contributed by atoms with van der Waals surface area (Å²) in [5, 5.41) is 10.9. The van der Waals surface area contributed by atoms with Crippen molar-refractivity contribution < 1.29 is 23.9 Å². The highest BCUT2D eigenvalue weighted by Gasteiger charge is 2.22. The van der Waals surface area contributed by atoms with Crippen molar-refractivity contribution in [3.63, 3.8) is 0 Å². The zero-order valence-corrected chi connectivity index (χ0v) is 24.8. The van der Waals surface area contributed by atoms with E-state index in [9.17, 15) is 14.7 Å². The SMILES string of the molecule is CCC(C)CCCCCCCCCCCCCCCCCCCC(=O)OC(CC(=O)[O-])C[N+](C)(C)C. The van der Waals surface area contributed by atoms with Crippen LogP contribution in [0.1, 0.15) is 149 Å². The fourth-order valence-corrected chi connectivity index (χ4v) is 4.80. The molecule has 0 heterocycles. The van der Waals surface area contributed by atoms with Gasteiger partial charge in [-0.15, -0.1) is 0 Å². The third-order valence-corrected chi connectivity index (χ3v) is 7.22. The van der Waals surface area contributed by atoms with Gasteiger partial charge in [-0.1, -0.05) is 129 Å². The molecule has 5 nitrogen and oxygen atoms in total. The second-order valence-corrected chi connectivity index (χ2v) is 12.2. The maximum absolute atomic E-state index is 12.1. The average molecular weight is 512 g/mol. The molecule has 0 bridgehead atoms. The molecule has 36 heavy (non-hydrogen) atoms. The van der Waals surface area contributed by atoms with Crippen LogP contribution >= 0.6 is 0 Å². The van der Waals surface area contributed by atoms with Gasteiger partial charge in [-0.05, 0) is 12.3 Å². The molecule has 214 valence electrons. The maximum atomic E-state index is 12.1. The molecule has 0 aromatic carbocycles. The number of hydrogen-bond donors (Lipinski definition) is 0. The molecule has 0 aromatic heterocycles. The molecular weight excluding hydrogens is 450 g/mol. The molecule has 0 rings (SSSR count). The van der Waals surface area contributed by atoms with Crippen LogP contribution in [0.15, 0.2) is 0 Å². The molecule has 0 amide bonds. The summed E-state index contributed by atoms with van der Waals surface area (Å²) in [5.41, 5.74) is 0. The number of carbonyl (C=O) groups is 2. The van der Waals surface area contributed by atoms with E-state index in [2.05, 4.69) is 13.8 Å². The Hall–Kier alpha value is -1.10. The van der Waals surface area contributed by atoms with Gasteiger partial charge < -0.3 is 19.1 Å². The molecular formula is C31H61NO4. The lowest BCUT2D eigenvalue weighted by molar-refractivity contribution is -0.873. The molecule has 2 unspecified atom stereocenters. The lowest BCUT2D eigenvalue weighted by Crippen LogP contribution is -2.45. The van der Waals surface area contributed by atoms with E-state index in [-0.39, 0.29) is 12.4 Å². The number of likely N-dealkylation sites (N-methyl/N-ethyl adjacent to an activating group) is 1. The van der Waals surface area contributed by atoms with Crippen molar-refractivity contribution in [2.24, 2.45) is 5.92 Å². The number of quaternary nitrogens is 1. The van der Waals surface area contributed by atoms with Crippen LogP contribution in [0.3, 0.4) is 0 Å². The lowest BCUT2D eigenvalue weighted by atomic mass is 9.99. The molecule has 5 heteroatoms. The predicted molar refractivity (Wildman–Crippen MR) is 150 cm³/mol. The molecule has 0 N–H and O–H groups in total. The third-order valence-electron chi connectivity index (χ3n) is 7.22. The molecule has 2 atom stereocenters. The molecule has 0 radical (unpaired) electrons. The highest BCUT2D eigenvalue weighted by molar-refractivity contribution is 5.70. The fraction of sp³-hybridized carbons (Fsp3) is 0.935. The van der Waals surface area contributed by atoms with Crippen LogP contribution in [0, 0.1) is 5.92 Å². The predicted octanol–water partition coefficient (Wildman–Crippen LogP) is 7.20. The monoisotopic (exact) mass is 511 g/mol. The largest absolute Gasteiger partial charge is 0.550 e. The molecule has 0 fully saturated rings. The number of aliphatic carboxylic acids is 1. The van der Waals surface area contributed by atoms with Gasteiger partial charge in [0.25, 0.3) is 0 Å². The average Bonchev–Trinajstić information content (AvgIpc) is 2.78. The van der Waals surface area contributed by atoms with Crippen molar-refractivity contribution in [3.8, 4) is 0 Å². The van der Waals surface area contributed by atoms with Crippen LogP contribution in [0.4, 0.5) is 0 Å².